The number of aromatic carboxylic acids is 1. The van der Waals surface area contributed by atoms with E-state index in [1.165, 1.54) is 5.39 Å². The monoisotopic (exact) mass is 508 g/mol. The number of thiophene rings is 1. The van der Waals surface area contributed by atoms with Crippen LogP contribution in [0.25, 0.3) is 21.0 Å². The van der Waals surface area contributed by atoms with Crippen LogP contribution in [0.5, 0.6) is 0 Å². The number of carboxylic acids is 1. The molecule has 0 amide bonds. The average molecular weight is 509 g/mol. The second kappa shape index (κ2) is 10.0. The lowest BCUT2D eigenvalue weighted by molar-refractivity contribution is 0.0703. The summed E-state index contributed by atoms with van der Waals surface area (Å²) in [6.07, 6.45) is 3.28. The third-order valence-corrected chi connectivity index (χ3v) is 8.49. The Hall–Kier alpha value is -2.85. The number of fused-ring (bicyclic) bond motifs is 2. The Labute approximate surface area is 212 Å². The lowest BCUT2D eigenvalue weighted by Crippen LogP contribution is -2.44. The normalized spacial score (nSPS) is 15.7. The molecule has 5 N–H and O–H groups in total. The minimum atomic E-state index is -1.02. The van der Waals surface area contributed by atoms with Gasteiger partial charge in [0.05, 0.1) is 11.8 Å². The number of piperidine rings is 1. The topological polar surface area (TPSA) is 112 Å². The molecule has 2 aromatic carbocycles. The summed E-state index contributed by atoms with van der Waals surface area (Å²) >= 11 is 2.69. The molecule has 9 heteroatoms. The summed E-state index contributed by atoms with van der Waals surface area (Å²) in [5.41, 5.74) is 7.35. The summed E-state index contributed by atoms with van der Waals surface area (Å²) in [6, 6.07) is 16.6. The van der Waals surface area contributed by atoms with Crippen LogP contribution >= 0.6 is 23.1 Å². The van der Waals surface area contributed by atoms with Gasteiger partial charge < -0.3 is 26.2 Å². The van der Waals surface area contributed by atoms with Gasteiger partial charge in [0.15, 0.2) is 0 Å². The number of carboxylic acid groups (broad SMARTS) is 1. The first kappa shape index (κ1) is 23.9. The van der Waals surface area contributed by atoms with Crippen LogP contribution < -0.4 is 16.0 Å². The van der Waals surface area contributed by atoms with Crippen molar-refractivity contribution in [3.8, 4) is 0 Å². The van der Waals surface area contributed by atoms with Crippen molar-refractivity contribution in [1.29, 1.82) is 0 Å². The molecule has 5 rings (SSSR count). The van der Waals surface area contributed by atoms with Crippen molar-refractivity contribution in [2.45, 2.75) is 29.9 Å². The molecule has 0 spiro atoms. The van der Waals surface area contributed by atoms with Crippen LogP contribution in [0.1, 0.15) is 34.2 Å². The molecule has 35 heavy (non-hydrogen) atoms. The molecule has 0 aliphatic carbocycles. The molecule has 0 radical (unpaired) electrons. The predicted octanol–water partition coefficient (Wildman–Crippen LogP) is 4.74. The van der Waals surface area contributed by atoms with Crippen LogP contribution in [-0.4, -0.2) is 53.1 Å². The maximum absolute atomic E-state index is 11.5. The summed E-state index contributed by atoms with van der Waals surface area (Å²) < 4.78 is 0. The van der Waals surface area contributed by atoms with Gasteiger partial charge in [-0.25, -0.2) is 9.78 Å². The highest BCUT2D eigenvalue weighted by molar-refractivity contribution is 7.98. The van der Waals surface area contributed by atoms with E-state index >= 15 is 0 Å². The first-order chi connectivity index (χ1) is 16.9. The smallest absolute Gasteiger partial charge is 0.348 e. The van der Waals surface area contributed by atoms with E-state index in [0.29, 0.717) is 23.1 Å². The largest absolute Gasteiger partial charge is 0.477 e. The van der Waals surface area contributed by atoms with Crippen LogP contribution in [-0.2, 0) is 0 Å². The molecule has 1 fully saturated rings. The van der Waals surface area contributed by atoms with E-state index in [2.05, 4.69) is 34.5 Å². The van der Waals surface area contributed by atoms with E-state index in [-0.39, 0.29) is 4.88 Å². The quantitative estimate of drug-likeness (QED) is 0.265. The number of nitrogens with zero attached hydrogens (tertiary/aromatic N) is 2. The van der Waals surface area contributed by atoms with Crippen LogP contribution in [0.15, 0.2) is 53.4 Å². The van der Waals surface area contributed by atoms with Gasteiger partial charge in [-0.1, -0.05) is 36.4 Å². The summed E-state index contributed by atoms with van der Waals surface area (Å²) in [4.78, 5) is 20.3. The van der Waals surface area contributed by atoms with Gasteiger partial charge in [-0.15, -0.1) is 23.1 Å². The second-order valence-corrected chi connectivity index (χ2v) is 10.7. The van der Waals surface area contributed by atoms with E-state index in [1.807, 2.05) is 30.5 Å². The Kier molecular flexibility index (Phi) is 6.84. The fourth-order valence-corrected chi connectivity index (χ4v) is 6.33. The van der Waals surface area contributed by atoms with Crippen molar-refractivity contribution in [1.82, 2.24) is 10.3 Å². The van der Waals surface area contributed by atoms with Gasteiger partial charge in [0.25, 0.3) is 0 Å². The Morgan fingerprint density at radius 2 is 1.97 bits per heavy atom. The standard InChI is InChI=1S/C26H28N4O3S2/c1-34-20-13-21(29-25-22(20)23(27)24(35-25)26(32)33)30-10-8-18(9-11-30)28-14-19(31)17-7-6-15-4-2-3-5-16(15)12-17/h2-7,12-13,18-19,28,31H,8-11,14,27H2,1H3,(H,32,33). The second-order valence-electron chi connectivity index (χ2n) is 8.80. The molecule has 1 aliphatic heterocycles. The lowest BCUT2D eigenvalue weighted by atomic mass is 10.0. The summed E-state index contributed by atoms with van der Waals surface area (Å²) in [5, 5.41) is 26.8. The summed E-state index contributed by atoms with van der Waals surface area (Å²) in [7, 11) is 0. The Balaban J connectivity index is 1.22. The number of pyridine rings is 1. The van der Waals surface area contributed by atoms with Crippen molar-refractivity contribution >= 4 is 61.6 Å². The average Bonchev–Trinajstić information content (AvgIpc) is 3.23. The number of carbonyl (C=O) groups is 1. The van der Waals surface area contributed by atoms with E-state index in [9.17, 15) is 15.0 Å². The van der Waals surface area contributed by atoms with Gasteiger partial charge in [-0.05, 0) is 47.6 Å². The van der Waals surface area contributed by atoms with Gasteiger partial charge in [-0.3, -0.25) is 0 Å². The third kappa shape index (κ3) is 4.81. The summed E-state index contributed by atoms with van der Waals surface area (Å²) in [5.74, 6) is -0.161. The number of thioether (sulfide) groups is 1. The molecule has 4 aromatic rings. The highest BCUT2D eigenvalue weighted by Gasteiger charge is 2.24. The zero-order valence-corrected chi connectivity index (χ0v) is 21.0. The van der Waals surface area contributed by atoms with E-state index in [1.54, 1.807) is 11.8 Å². The van der Waals surface area contributed by atoms with Gasteiger partial charge in [0, 0.05) is 36.0 Å². The number of nitrogen functional groups attached to an aromatic ring is 1. The molecule has 1 aliphatic rings. The van der Waals surface area contributed by atoms with Crippen LogP contribution in [0.3, 0.4) is 0 Å². The molecule has 182 valence electrons. The fourth-order valence-electron chi connectivity index (χ4n) is 4.68. The highest BCUT2D eigenvalue weighted by atomic mass is 32.2. The Bertz CT molecular complexity index is 1380. The van der Waals surface area contributed by atoms with Crippen LogP contribution in [0.4, 0.5) is 11.5 Å². The van der Waals surface area contributed by atoms with Crippen molar-refractivity contribution in [3.05, 3.63) is 59.0 Å². The summed E-state index contributed by atoms with van der Waals surface area (Å²) in [6.45, 7) is 2.18. The van der Waals surface area contributed by atoms with E-state index in [4.69, 9.17) is 10.7 Å². The first-order valence-corrected chi connectivity index (χ1v) is 13.6. The molecule has 1 saturated heterocycles. The number of hydrogen-bond donors (Lipinski definition) is 4. The molecule has 3 heterocycles. The first-order valence-electron chi connectivity index (χ1n) is 11.6. The molecular weight excluding hydrogens is 480 g/mol. The third-order valence-electron chi connectivity index (χ3n) is 6.64. The number of aliphatic hydroxyl groups is 1. The number of hydrogen-bond acceptors (Lipinski definition) is 8. The minimum absolute atomic E-state index is 0.146. The molecule has 1 atom stereocenters. The van der Waals surface area contributed by atoms with Crippen molar-refractivity contribution in [3.63, 3.8) is 0 Å². The molecule has 1 unspecified atom stereocenters. The number of nitrogens with one attached hydrogen (secondary N) is 1. The van der Waals surface area contributed by atoms with Crippen LogP contribution in [0, 0.1) is 0 Å². The van der Waals surface area contributed by atoms with Gasteiger partial charge in [0.2, 0.25) is 0 Å². The zero-order valence-electron chi connectivity index (χ0n) is 19.4. The number of benzene rings is 2. The number of aromatic nitrogens is 1. The van der Waals surface area contributed by atoms with Gasteiger partial charge >= 0.3 is 5.97 Å². The number of nitrogens with two attached hydrogens (primary N) is 1. The van der Waals surface area contributed by atoms with Gasteiger partial charge in [0.1, 0.15) is 15.5 Å². The Morgan fingerprint density at radius 3 is 2.69 bits per heavy atom. The fraction of sp³-hybridized carbons (Fsp3) is 0.308. The number of anilines is 2. The van der Waals surface area contributed by atoms with E-state index < -0.39 is 12.1 Å². The molecular formula is C26H28N4O3S2. The predicted molar refractivity (Wildman–Crippen MR) is 145 cm³/mol. The van der Waals surface area contributed by atoms with Gasteiger partial charge in [-0.2, -0.15) is 0 Å². The maximum atomic E-state index is 11.5. The molecule has 2 aromatic heterocycles. The number of aliphatic hydroxyl groups excluding tert-OH is 1. The molecule has 7 nitrogen and oxygen atoms in total. The lowest BCUT2D eigenvalue weighted by Gasteiger charge is -2.34. The highest BCUT2D eigenvalue weighted by Crippen LogP contribution is 2.40. The van der Waals surface area contributed by atoms with Crippen LogP contribution in [0.2, 0.25) is 0 Å². The van der Waals surface area contributed by atoms with Crippen molar-refractivity contribution < 1.29 is 15.0 Å². The number of rotatable bonds is 7. The van der Waals surface area contributed by atoms with Crippen molar-refractivity contribution in [2.24, 2.45) is 0 Å². The maximum Gasteiger partial charge on any atom is 0.348 e. The molecule has 0 bridgehead atoms. The molecule has 0 saturated carbocycles. The SMILES string of the molecule is CSc1cc(N2CCC(NCC(O)c3ccc4ccccc4c3)CC2)nc2sc(C(=O)O)c(N)c12. The zero-order chi connectivity index (χ0) is 24.5. The van der Waals surface area contributed by atoms with E-state index in [0.717, 1.165) is 64.3 Å². The van der Waals surface area contributed by atoms with Crippen molar-refractivity contribution in [2.75, 3.05) is 36.5 Å². The Morgan fingerprint density at radius 1 is 1.23 bits per heavy atom. The minimum Gasteiger partial charge on any atom is -0.477 e.